The van der Waals surface area contributed by atoms with Crippen LogP contribution >= 0.6 is 11.6 Å². The van der Waals surface area contributed by atoms with Crippen molar-refractivity contribution in [1.82, 2.24) is 0 Å². The molecule has 0 aliphatic heterocycles. The van der Waals surface area contributed by atoms with Gasteiger partial charge in [0.1, 0.15) is 24.6 Å². The van der Waals surface area contributed by atoms with Crippen molar-refractivity contribution in [2.45, 2.75) is 13.3 Å². The number of alkyl halides is 1. The van der Waals surface area contributed by atoms with E-state index in [0.717, 1.165) is 16.5 Å². The highest BCUT2D eigenvalue weighted by Gasteiger charge is 2.15. The van der Waals surface area contributed by atoms with Crippen LogP contribution in [0.2, 0.25) is 5.02 Å². The highest BCUT2D eigenvalue weighted by molar-refractivity contribution is 6.32. The van der Waals surface area contributed by atoms with Crippen molar-refractivity contribution in [2.75, 3.05) is 19.0 Å². The Kier molecular flexibility index (Phi) is 4.95. The number of aryl methyl sites for hydroxylation is 1. The van der Waals surface area contributed by atoms with Gasteiger partial charge < -0.3 is 14.9 Å². The molecular weight excluding hydrogens is 345 g/mol. The van der Waals surface area contributed by atoms with Crippen molar-refractivity contribution in [3.63, 3.8) is 0 Å². The zero-order chi connectivity index (χ0) is 18.0. The van der Waals surface area contributed by atoms with E-state index in [1.54, 1.807) is 12.1 Å². The van der Waals surface area contributed by atoms with Crippen molar-refractivity contribution in [1.29, 1.82) is 0 Å². The minimum Gasteiger partial charge on any atom is -0.489 e. The van der Waals surface area contributed by atoms with Gasteiger partial charge in [0.25, 0.3) is 0 Å². The van der Waals surface area contributed by atoms with Gasteiger partial charge in [0.15, 0.2) is 0 Å². The molecule has 0 aliphatic rings. The molecular formula is C19H17ClFNO3. The summed E-state index contributed by atoms with van der Waals surface area (Å²) >= 11 is 6.20. The first kappa shape index (κ1) is 17.3. The quantitative estimate of drug-likeness (QED) is 0.544. The molecule has 25 heavy (non-hydrogen) atoms. The third-order valence-corrected chi connectivity index (χ3v) is 4.30. The Morgan fingerprint density at radius 3 is 2.80 bits per heavy atom. The van der Waals surface area contributed by atoms with Gasteiger partial charge in [-0.05, 0) is 36.2 Å². The normalized spacial score (nSPS) is 11.0. The summed E-state index contributed by atoms with van der Waals surface area (Å²) in [4.78, 5) is 12.4. The minimum absolute atomic E-state index is 0.109. The highest BCUT2D eigenvalue weighted by atomic mass is 35.5. The number of hydrogen-bond donors (Lipinski definition) is 1. The number of ether oxygens (including phenoxy) is 1. The van der Waals surface area contributed by atoms with Crippen molar-refractivity contribution >= 4 is 28.3 Å². The number of rotatable bonds is 5. The molecule has 0 fully saturated rings. The smallest absolute Gasteiger partial charge is 0.340 e. The number of anilines is 1. The summed E-state index contributed by atoms with van der Waals surface area (Å²) < 4.78 is 23.0. The fourth-order valence-electron chi connectivity index (χ4n) is 2.76. The van der Waals surface area contributed by atoms with E-state index in [1.165, 1.54) is 6.07 Å². The largest absolute Gasteiger partial charge is 0.489 e. The zero-order valence-electron chi connectivity index (χ0n) is 13.6. The lowest BCUT2D eigenvalue weighted by Crippen LogP contribution is -2.11. The molecule has 1 heterocycles. The molecule has 2 aromatic carbocycles. The van der Waals surface area contributed by atoms with Gasteiger partial charge in [-0.25, -0.2) is 9.18 Å². The zero-order valence-corrected chi connectivity index (χ0v) is 14.4. The fraction of sp³-hybridized carbons (Fsp3) is 0.211. The van der Waals surface area contributed by atoms with Crippen LogP contribution in [0.4, 0.5) is 10.1 Å². The van der Waals surface area contributed by atoms with E-state index in [2.05, 4.69) is 0 Å². The molecule has 0 atom stereocenters. The Balaban J connectivity index is 2.07. The monoisotopic (exact) mass is 361 g/mol. The Morgan fingerprint density at radius 1 is 1.28 bits per heavy atom. The molecule has 0 spiro atoms. The molecule has 0 unspecified atom stereocenters. The summed E-state index contributed by atoms with van der Waals surface area (Å²) in [5, 5.41) is 1.06. The minimum atomic E-state index is -0.628. The van der Waals surface area contributed by atoms with Gasteiger partial charge in [-0.1, -0.05) is 23.7 Å². The van der Waals surface area contributed by atoms with Crippen LogP contribution < -0.4 is 16.1 Å². The van der Waals surface area contributed by atoms with E-state index in [9.17, 15) is 9.18 Å². The van der Waals surface area contributed by atoms with Crippen LogP contribution in [0.1, 0.15) is 16.7 Å². The van der Waals surface area contributed by atoms with Crippen LogP contribution in [0, 0.1) is 6.92 Å². The molecule has 1 aromatic heterocycles. The molecule has 0 amide bonds. The first-order chi connectivity index (χ1) is 12.0. The second-order valence-electron chi connectivity index (χ2n) is 5.73. The van der Waals surface area contributed by atoms with Crippen LogP contribution in [0.3, 0.4) is 0 Å². The Labute approximate surface area is 149 Å². The number of nitrogens with two attached hydrogens (primary N) is 1. The van der Waals surface area contributed by atoms with E-state index >= 15 is 0 Å². The lowest BCUT2D eigenvalue weighted by atomic mass is 9.99. The first-order valence-corrected chi connectivity index (χ1v) is 8.16. The second kappa shape index (κ2) is 7.15. The third kappa shape index (κ3) is 3.61. The van der Waals surface area contributed by atoms with Crippen LogP contribution in [0.15, 0.2) is 45.6 Å². The SMILES string of the molecule is Cc1c(Cc2cccc(N)c2)c(=O)oc2cc(OCCF)c(Cl)cc12. The lowest BCUT2D eigenvalue weighted by Gasteiger charge is -2.11. The van der Waals surface area contributed by atoms with Crippen molar-refractivity contribution in [3.05, 3.63) is 68.5 Å². The first-order valence-electron chi connectivity index (χ1n) is 7.78. The van der Waals surface area contributed by atoms with Gasteiger partial charge in [0, 0.05) is 29.1 Å². The van der Waals surface area contributed by atoms with Gasteiger partial charge in [0.2, 0.25) is 0 Å². The predicted molar refractivity (Wildman–Crippen MR) is 97.4 cm³/mol. The number of halogens is 2. The number of hydrogen-bond acceptors (Lipinski definition) is 4. The van der Waals surface area contributed by atoms with Crippen molar-refractivity contribution < 1.29 is 13.5 Å². The van der Waals surface area contributed by atoms with Crippen molar-refractivity contribution in [3.8, 4) is 5.75 Å². The number of fused-ring (bicyclic) bond motifs is 1. The summed E-state index contributed by atoms with van der Waals surface area (Å²) in [7, 11) is 0. The standard InChI is InChI=1S/C19H17ClFNO3/c1-11-14-9-16(20)18(24-6-5-21)10-17(14)25-19(23)15(11)8-12-3-2-4-13(22)7-12/h2-4,7,9-10H,5-6,8,22H2,1H3. The fourth-order valence-corrected chi connectivity index (χ4v) is 2.98. The predicted octanol–water partition coefficient (Wildman–Crippen LogP) is 4.28. The molecule has 3 rings (SSSR count). The van der Waals surface area contributed by atoms with E-state index in [4.69, 9.17) is 26.5 Å². The highest BCUT2D eigenvalue weighted by Crippen LogP contribution is 2.32. The number of benzene rings is 2. The van der Waals surface area contributed by atoms with E-state index in [0.29, 0.717) is 28.3 Å². The summed E-state index contributed by atoms with van der Waals surface area (Å²) in [6.07, 6.45) is 0.410. The molecule has 2 N–H and O–H groups in total. The second-order valence-corrected chi connectivity index (χ2v) is 6.14. The maximum atomic E-state index is 12.4. The Morgan fingerprint density at radius 2 is 2.08 bits per heavy atom. The van der Waals surface area contributed by atoms with Gasteiger partial charge in [-0.2, -0.15) is 0 Å². The van der Waals surface area contributed by atoms with Gasteiger partial charge >= 0.3 is 5.63 Å². The van der Waals surface area contributed by atoms with Crippen LogP contribution in [-0.2, 0) is 6.42 Å². The molecule has 0 aliphatic carbocycles. The molecule has 130 valence electrons. The van der Waals surface area contributed by atoms with Gasteiger partial charge in [-0.15, -0.1) is 0 Å². The van der Waals surface area contributed by atoms with Crippen LogP contribution in [0.25, 0.3) is 11.0 Å². The number of nitrogen functional groups attached to an aromatic ring is 1. The van der Waals surface area contributed by atoms with E-state index < -0.39 is 12.3 Å². The topological polar surface area (TPSA) is 65.5 Å². The van der Waals surface area contributed by atoms with Crippen LogP contribution in [-0.4, -0.2) is 13.3 Å². The molecule has 6 heteroatoms. The third-order valence-electron chi connectivity index (χ3n) is 4.01. The Hall–Kier alpha value is -2.53. The molecule has 0 saturated carbocycles. The molecule has 0 bridgehead atoms. The molecule has 0 saturated heterocycles. The van der Waals surface area contributed by atoms with E-state index in [-0.39, 0.29) is 12.4 Å². The van der Waals surface area contributed by atoms with E-state index in [1.807, 2.05) is 25.1 Å². The van der Waals surface area contributed by atoms with Gasteiger partial charge in [-0.3, -0.25) is 0 Å². The Bertz CT molecular complexity index is 984. The molecule has 4 nitrogen and oxygen atoms in total. The lowest BCUT2D eigenvalue weighted by molar-refractivity contribution is 0.273. The summed E-state index contributed by atoms with van der Waals surface area (Å²) in [5.74, 6) is 0.290. The molecule has 3 aromatic rings. The summed E-state index contributed by atoms with van der Waals surface area (Å²) in [6, 6.07) is 10.5. The van der Waals surface area contributed by atoms with Crippen LogP contribution in [0.5, 0.6) is 5.75 Å². The summed E-state index contributed by atoms with van der Waals surface area (Å²) in [6.45, 7) is 1.11. The molecule has 0 radical (unpaired) electrons. The van der Waals surface area contributed by atoms with Crippen molar-refractivity contribution in [2.24, 2.45) is 0 Å². The van der Waals surface area contributed by atoms with Gasteiger partial charge in [0.05, 0.1) is 5.02 Å². The summed E-state index contributed by atoms with van der Waals surface area (Å²) in [5.41, 5.74) is 8.62. The maximum absolute atomic E-state index is 12.4. The maximum Gasteiger partial charge on any atom is 0.340 e. The average Bonchev–Trinajstić information content (AvgIpc) is 2.58. The average molecular weight is 362 g/mol.